The number of anilines is 1. The van der Waals surface area contributed by atoms with Crippen molar-refractivity contribution in [2.45, 2.75) is 6.42 Å². The molecular weight excluding hydrogens is 306 g/mol. The molecule has 1 rings (SSSR count). The van der Waals surface area contributed by atoms with Gasteiger partial charge in [-0.2, -0.15) is 0 Å². The first-order valence-corrected chi connectivity index (χ1v) is 7.82. The third-order valence-electron chi connectivity index (χ3n) is 2.45. The first-order chi connectivity index (χ1) is 9.74. The highest BCUT2D eigenvalue weighted by Gasteiger charge is 2.14. The number of nitrogens with two attached hydrogens (primary N) is 1. The molecule has 0 spiro atoms. The van der Waals surface area contributed by atoms with E-state index in [-0.39, 0.29) is 18.7 Å². The summed E-state index contributed by atoms with van der Waals surface area (Å²) in [4.78, 5) is 11.7. The number of nitrogen functional groups attached to an aromatic ring is 1. The maximum absolute atomic E-state index is 13.4. The summed E-state index contributed by atoms with van der Waals surface area (Å²) in [7, 11) is -3.28. The van der Waals surface area contributed by atoms with Crippen LogP contribution < -0.4 is 21.3 Å². The maximum atomic E-state index is 13.4. The van der Waals surface area contributed by atoms with Gasteiger partial charge in [0.2, 0.25) is 10.0 Å². The van der Waals surface area contributed by atoms with Gasteiger partial charge in [0.15, 0.2) is 11.6 Å². The lowest BCUT2D eigenvalue weighted by Gasteiger charge is -2.08. The predicted molar refractivity (Wildman–Crippen MR) is 74.0 cm³/mol. The lowest BCUT2D eigenvalue weighted by atomic mass is 10.1. The number of rotatable bonds is 7. The van der Waals surface area contributed by atoms with Crippen molar-refractivity contribution in [2.75, 3.05) is 24.8 Å². The zero-order valence-corrected chi connectivity index (χ0v) is 12.1. The number of benzene rings is 1. The Hall–Kier alpha value is -1.78. The number of nitrogens with one attached hydrogen (secondary N) is 3. The Morgan fingerprint density at radius 1 is 1.24 bits per heavy atom. The molecule has 7 nitrogen and oxygen atoms in total. The van der Waals surface area contributed by atoms with Crippen LogP contribution in [0, 0.1) is 11.6 Å². The summed E-state index contributed by atoms with van der Waals surface area (Å²) < 4.78 is 50.6. The maximum Gasteiger partial charge on any atom is 0.251 e. The normalized spacial score (nSPS) is 11.2. The van der Waals surface area contributed by atoms with E-state index < -0.39 is 33.3 Å². The molecule has 1 aromatic rings. The van der Waals surface area contributed by atoms with Gasteiger partial charge in [-0.05, 0) is 18.6 Å². The second kappa shape index (κ2) is 7.29. The Kier molecular flexibility index (Phi) is 6.00. The fourth-order valence-corrected chi connectivity index (χ4v) is 2.01. The topological polar surface area (TPSA) is 113 Å². The first kappa shape index (κ1) is 17.3. The molecule has 1 aromatic carbocycles. The molecule has 0 aromatic heterocycles. The van der Waals surface area contributed by atoms with Gasteiger partial charge >= 0.3 is 0 Å². The van der Waals surface area contributed by atoms with Crippen LogP contribution in [0.2, 0.25) is 0 Å². The largest absolute Gasteiger partial charge is 0.352 e. The number of sulfonamides is 1. The van der Waals surface area contributed by atoms with Crippen molar-refractivity contribution in [1.82, 2.24) is 10.0 Å². The van der Waals surface area contributed by atoms with Gasteiger partial charge in [0, 0.05) is 18.7 Å². The van der Waals surface area contributed by atoms with Crippen LogP contribution in [0.4, 0.5) is 14.5 Å². The Balaban J connectivity index is 2.53. The van der Waals surface area contributed by atoms with Crippen LogP contribution in [0.5, 0.6) is 0 Å². The number of carbonyl (C=O) groups excluding carboxylic acids is 1. The summed E-state index contributed by atoms with van der Waals surface area (Å²) >= 11 is 0. The minimum atomic E-state index is -3.28. The van der Waals surface area contributed by atoms with Crippen LogP contribution in [-0.4, -0.2) is 33.7 Å². The second-order valence-electron chi connectivity index (χ2n) is 4.24. The molecule has 0 heterocycles. The molecule has 0 saturated carbocycles. The van der Waals surface area contributed by atoms with E-state index in [4.69, 9.17) is 5.84 Å². The molecule has 1 amide bonds. The molecule has 21 heavy (non-hydrogen) atoms. The fraction of sp³-hybridized carbons (Fsp3) is 0.364. The molecule has 0 radical (unpaired) electrons. The molecule has 0 aliphatic heterocycles. The van der Waals surface area contributed by atoms with Gasteiger partial charge in [0.25, 0.3) is 5.91 Å². The van der Waals surface area contributed by atoms with Crippen molar-refractivity contribution in [1.29, 1.82) is 0 Å². The zero-order valence-electron chi connectivity index (χ0n) is 11.2. The van der Waals surface area contributed by atoms with Crippen molar-refractivity contribution in [3.8, 4) is 0 Å². The minimum Gasteiger partial charge on any atom is -0.352 e. The standard InChI is InChI=1S/C11H16F2N4O3S/c1-21(19,20)16-4-2-3-15-11(18)7-5-8(12)10(17-14)9(13)6-7/h5-6,16-17H,2-4,14H2,1H3,(H,15,18). The summed E-state index contributed by atoms with van der Waals surface area (Å²) in [5.74, 6) is 2.30. The van der Waals surface area contributed by atoms with Crippen LogP contribution in [0.1, 0.15) is 16.8 Å². The van der Waals surface area contributed by atoms with Gasteiger partial charge < -0.3 is 10.7 Å². The molecule has 0 unspecified atom stereocenters. The van der Waals surface area contributed by atoms with Crippen LogP contribution in [-0.2, 0) is 10.0 Å². The molecule has 0 fully saturated rings. The van der Waals surface area contributed by atoms with E-state index in [0.717, 1.165) is 18.4 Å². The van der Waals surface area contributed by atoms with Gasteiger partial charge in [-0.25, -0.2) is 21.9 Å². The Morgan fingerprint density at radius 3 is 2.29 bits per heavy atom. The summed E-state index contributed by atoms with van der Waals surface area (Å²) in [6, 6.07) is 1.70. The highest BCUT2D eigenvalue weighted by Crippen LogP contribution is 2.19. The van der Waals surface area contributed by atoms with Gasteiger partial charge in [0.05, 0.1) is 6.26 Å². The van der Waals surface area contributed by atoms with Gasteiger partial charge in [0.1, 0.15) is 5.69 Å². The lowest BCUT2D eigenvalue weighted by Crippen LogP contribution is -2.29. The number of hydrogen-bond donors (Lipinski definition) is 4. The van der Waals surface area contributed by atoms with E-state index in [1.807, 2.05) is 5.43 Å². The SMILES string of the molecule is CS(=O)(=O)NCCCNC(=O)c1cc(F)c(NN)c(F)c1. The minimum absolute atomic E-state index is 0.151. The number of carbonyl (C=O) groups is 1. The van der Waals surface area contributed by atoms with Crippen LogP contribution in [0.15, 0.2) is 12.1 Å². The number of halogens is 2. The van der Waals surface area contributed by atoms with Crippen LogP contribution in [0.3, 0.4) is 0 Å². The molecule has 0 saturated heterocycles. The average molecular weight is 322 g/mol. The second-order valence-corrected chi connectivity index (χ2v) is 6.07. The van der Waals surface area contributed by atoms with E-state index >= 15 is 0 Å². The average Bonchev–Trinajstić information content (AvgIpc) is 2.36. The highest BCUT2D eigenvalue weighted by molar-refractivity contribution is 7.88. The van der Waals surface area contributed by atoms with Crippen LogP contribution >= 0.6 is 0 Å². The van der Waals surface area contributed by atoms with E-state index in [1.165, 1.54) is 0 Å². The molecule has 0 atom stereocenters. The Bertz CT molecular complexity index is 599. The van der Waals surface area contributed by atoms with E-state index in [0.29, 0.717) is 6.42 Å². The summed E-state index contributed by atoms with van der Waals surface area (Å²) in [5.41, 5.74) is 1.14. The molecule has 0 bridgehead atoms. The van der Waals surface area contributed by atoms with E-state index in [1.54, 1.807) is 0 Å². The molecule has 5 N–H and O–H groups in total. The number of hydrazine groups is 1. The van der Waals surface area contributed by atoms with Gasteiger partial charge in [-0.15, -0.1) is 0 Å². The van der Waals surface area contributed by atoms with Crippen LogP contribution in [0.25, 0.3) is 0 Å². The summed E-state index contributed by atoms with van der Waals surface area (Å²) in [5, 5.41) is 2.42. The number of hydrogen-bond acceptors (Lipinski definition) is 5. The first-order valence-electron chi connectivity index (χ1n) is 5.93. The Labute approximate surface area is 120 Å². The fourth-order valence-electron chi connectivity index (χ4n) is 1.49. The van der Waals surface area contributed by atoms with Crippen molar-refractivity contribution in [3.63, 3.8) is 0 Å². The smallest absolute Gasteiger partial charge is 0.251 e. The summed E-state index contributed by atoms with van der Waals surface area (Å²) in [6.45, 7) is 0.305. The molecule has 10 heteroatoms. The van der Waals surface area contributed by atoms with Crippen molar-refractivity contribution < 1.29 is 22.0 Å². The Morgan fingerprint density at radius 2 is 1.81 bits per heavy atom. The highest BCUT2D eigenvalue weighted by atomic mass is 32.2. The third kappa shape index (κ3) is 5.61. The molecule has 118 valence electrons. The van der Waals surface area contributed by atoms with Gasteiger partial charge in [-0.1, -0.05) is 0 Å². The van der Waals surface area contributed by atoms with Gasteiger partial charge in [-0.3, -0.25) is 10.6 Å². The molecule has 0 aliphatic carbocycles. The van der Waals surface area contributed by atoms with Crippen molar-refractivity contribution >= 4 is 21.6 Å². The third-order valence-corrected chi connectivity index (χ3v) is 3.18. The quantitative estimate of drug-likeness (QED) is 0.318. The van der Waals surface area contributed by atoms with Crippen molar-refractivity contribution in [2.24, 2.45) is 5.84 Å². The molecule has 0 aliphatic rings. The number of amides is 1. The lowest BCUT2D eigenvalue weighted by molar-refractivity contribution is 0.0952. The van der Waals surface area contributed by atoms with E-state index in [9.17, 15) is 22.0 Å². The monoisotopic (exact) mass is 322 g/mol. The predicted octanol–water partition coefficient (Wildman–Crippen LogP) is -0.0805. The molecular formula is C11H16F2N4O3S. The summed E-state index contributed by atoms with van der Waals surface area (Å²) in [6.07, 6.45) is 1.36. The zero-order chi connectivity index (χ0) is 16.0. The van der Waals surface area contributed by atoms with Crippen molar-refractivity contribution in [3.05, 3.63) is 29.3 Å². The van der Waals surface area contributed by atoms with E-state index in [2.05, 4.69) is 10.0 Å².